The molecule has 94 valence electrons. The summed E-state index contributed by atoms with van der Waals surface area (Å²) in [6.07, 6.45) is 6.97. The van der Waals surface area contributed by atoms with Crippen LogP contribution < -0.4 is 11.1 Å². The van der Waals surface area contributed by atoms with Gasteiger partial charge in [0.25, 0.3) is 0 Å². The molecule has 3 rings (SSSR count). The minimum Gasteiger partial charge on any atom is -0.398 e. The summed E-state index contributed by atoms with van der Waals surface area (Å²) < 4.78 is 0.958. The fourth-order valence-electron chi connectivity index (χ4n) is 2.62. The van der Waals surface area contributed by atoms with Crippen LogP contribution in [0.25, 0.3) is 10.9 Å². The van der Waals surface area contributed by atoms with E-state index in [1.807, 2.05) is 24.4 Å². The summed E-state index contributed by atoms with van der Waals surface area (Å²) in [5, 5.41) is 4.60. The molecule has 3 nitrogen and oxygen atoms in total. The van der Waals surface area contributed by atoms with E-state index in [4.69, 9.17) is 5.73 Å². The number of aromatic nitrogens is 1. The first-order valence-corrected chi connectivity index (χ1v) is 7.13. The number of pyridine rings is 1. The van der Waals surface area contributed by atoms with Crippen LogP contribution in [0.2, 0.25) is 0 Å². The maximum atomic E-state index is 6.01. The van der Waals surface area contributed by atoms with E-state index < -0.39 is 0 Å². The minimum absolute atomic E-state index is 0.585. The maximum Gasteiger partial charge on any atom is 0.0954 e. The molecule has 3 N–H and O–H groups in total. The average molecular weight is 306 g/mol. The highest BCUT2D eigenvalue weighted by molar-refractivity contribution is 9.10. The van der Waals surface area contributed by atoms with Gasteiger partial charge in [0, 0.05) is 27.8 Å². The van der Waals surface area contributed by atoms with E-state index in [9.17, 15) is 0 Å². The number of anilines is 2. The van der Waals surface area contributed by atoms with Crippen molar-refractivity contribution in [2.75, 3.05) is 11.1 Å². The number of nitrogens with two attached hydrogens (primary N) is 1. The molecule has 0 bridgehead atoms. The smallest absolute Gasteiger partial charge is 0.0954 e. The monoisotopic (exact) mass is 305 g/mol. The van der Waals surface area contributed by atoms with Crippen LogP contribution in [0.4, 0.5) is 11.4 Å². The normalized spacial score (nSPS) is 16.3. The molecule has 0 spiro atoms. The zero-order valence-electron chi connectivity index (χ0n) is 10.1. The number of nitrogens with zero attached hydrogens (tertiary/aromatic N) is 1. The molecule has 18 heavy (non-hydrogen) atoms. The molecule has 0 amide bonds. The molecule has 1 aliphatic carbocycles. The fraction of sp³-hybridized carbons (Fsp3) is 0.357. The van der Waals surface area contributed by atoms with E-state index in [-0.39, 0.29) is 0 Å². The van der Waals surface area contributed by atoms with Crippen molar-refractivity contribution in [1.82, 2.24) is 4.98 Å². The van der Waals surface area contributed by atoms with Gasteiger partial charge in [-0.3, -0.25) is 4.98 Å². The third-order valence-corrected chi connectivity index (χ3v) is 4.00. The molecule has 1 saturated carbocycles. The van der Waals surface area contributed by atoms with E-state index in [1.165, 1.54) is 25.7 Å². The third-order valence-electron chi connectivity index (χ3n) is 3.56. The lowest BCUT2D eigenvalue weighted by Crippen LogP contribution is -2.15. The molecule has 1 aliphatic rings. The van der Waals surface area contributed by atoms with Crippen LogP contribution in [0.3, 0.4) is 0 Å². The number of hydrogen-bond acceptors (Lipinski definition) is 3. The molecular formula is C14H16BrN3. The zero-order valence-corrected chi connectivity index (χ0v) is 11.7. The SMILES string of the molecule is Nc1ccc(NC2CCCC2)c2ncc(Br)cc12. The van der Waals surface area contributed by atoms with E-state index in [0.29, 0.717) is 6.04 Å². The Hall–Kier alpha value is -1.29. The first-order chi connectivity index (χ1) is 8.74. The Balaban J connectivity index is 2.03. The Labute approximate surface area is 115 Å². The highest BCUT2D eigenvalue weighted by atomic mass is 79.9. The van der Waals surface area contributed by atoms with Gasteiger partial charge in [-0.05, 0) is 47.0 Å². The second kappa shape index (κ2) is 4.76. The molecule has 1 heterocycles. The summed E-state index contributed by atoms with van der Waals surface area (Å²) in [5.74, 6) is 0. The van der Waals surface area contributed by atoms with Gasteiger partial charge in [-0.15, -0.1) is 0 Å². The fourth-order valence-corrected chi connectivity index (χ4v) is 2.95. The van der Waals surface area contributed by atoms with E-state index in [1.54, 1.807) is 0 Å². The van der Waals surface area contributed by atoms with Crippen molar-refractivity contribution < 1.29 is 0 Å². The Morgan fingerprint density at radius 2 is 2.06 bits per heavy atom. The Bertz CT molecular complexity index is 577. The summed E-state index contributed by atoms with van der Waals surface area (Å²) in [4.78, 5) is 4.49. The Morgan fingerprint density at radius 3 is 2.83 bits per heavy atom. The first kappa shape index (κ1) is 11.8. The molecule has 0 radical (unpaired) electrons. The molecular weight excluding hydrogens is 290 g/mol. The molecule has 0 aliphatic heterocycles. The number of fused-ring (bicyclic) bond motifs is 1. The van der Waals surface area contributed by atoms with E-state index >= 15 is 0 Å². The molecule has 0 unspecified atom stereocenters. The molecule has 1 aromatic heterocycles. The molecule has 1 aromatic carbocycles. The van der Waals surface area contributed by atoms with Crippen LogP contribution in [-0.2, 0) is 0 Å². The number of nitrogen functional groups attached to an aromatic ring is 1. The highest BCUT2D eigenvalue weighted by Gasteiger charge is 2.16. The lowest BCUT2D eigenvalue weighted by atomic mass is 10.1. The third kappa shape index (κ3) is 2.17. The van der Waals surface area contributed by atoms with Crippen molar-refractivity contribution in [1.29, 1.82) is 0 Å². The largest absolute Gasteiger partial charge is 0.398 e. The molecule has 0 saturated heterocycles. The molecule has 0 atom stereocenters. The predicted octanol–water partition coefficient (Wildman–Crippen LogP) is 3.93. The Kier molecular flexibility index (Phi) is 3.12. The zero-order chi connectivity index (χ0) is 12.5. The summed E-state index contributed by atoms with van der Waals surface area (Å²) in [7, 11) is 0. The standard InChI is InChI=1S/C14H16BrN3/c15-9-7-11-12(16)5-6-13(14(11)17-8-9)18-10-3-1-2-4-10/h5-8,10,18H,1-4,16H2. The van der Waals surface area contributed by atoms with Crippen LogP contribution >= 0.6 is 15.9 Å². The molecule has 1 fully saturated rings. The van der Waals surface area contributed by atoms with Gasteiger partial charge in [0.15, 0.2) is 0 Å². The molecule has 4 heteroatoms. The van der Waals surface area contributed by atoms with Crippen LogP contribution in [0.5, 0.6) is 0 Å². The summed E-state index contributed by atoms with van der Waals surface area (Å²) in [6.45, 7) is 0. The van der Waals surface area contributed by atoms with Gasteiger partial charge in [-0.25, -0.2) is 0 Å². The van der Waals surface area contributed by atoms with Crippen molar-refractivity contribution in [2.24, 2.45) is 0 Å². The minimum atomic E-state index is 0.585. The van der Waals surface area contributed by atoms with Crippen molar-refractivity contribution >= 4 is 38.2 Å². The number of benzene rings is 1. The number of nitrogens with one attached hydrogen (secondary N) is 1. The second-order valence-corrected chi connectivity index (χ2v) is 5.79. The quantitative estimate of drug-likeness (QED) is 0.826. The number of hydrogen-bond donors (Lipinski definition) is 2. The van der Waals surface area contributed by atoms with Crippen molar-refractivity contribution in [2.45, 2.75) is 31.7 Å². The number of rotatable bonds is 2. The maximum absolute atomic E-state index is 6.01. The van der Waals surface area contributed by atoms with Gasteiger partial charge >= 0.3 is 0 Å². The van der Waals surface area contributed by atoms with Gasteiger partial charge in [0.1, 0.15) is 0 Å². The van der Waals surface area contributed by atoms with Gasteiger partial charge < -0.3 is 11.1 Å². The topological polar surface area (TPSA) is 50.9 Å². The van der Waals surface area contributed by atoms with Crippen LogP contribution in [0.1, 0.15) is 25.7 Å². The van der Waals surface area contributed by atoms with Gasteiger partial charge in [0.2, 0.25) is 0 Å². The first-order valence-electron chi connectivity index (χ1n) is 6.34. The van der Waals surface area contributed by atoms with E-state index in [2.05, 4.69) is 26.2 Å². The highest BCUT2D eigenvalue weighted by Crippen LogP contribution is 2.31. The van der Waals surface area contributed by atoms with Crippen LogP contribution in [-0.4, -0.2) is 11.0 Å². The van der Waals surface area contributed by atoms with Crippen molar-refractivity contribution in [3.8, 4) is 0 Å². The van der Waals surface area contributed by atoms with Gasteiger partial charge in [0.05, 0.1) is 11.2 Å². The second-order valence-electron chi connectivity index (χ2n) is 4.88. The Morgan fingerprint density at radius 1 is 1.28 bits per heavy atom. The molecule has 2 aromatic rings. The number of halogens is 1. The summed E-state index contributed by atoms with van der Waals surface area (Å²) in [5.41, 5.74) is 8.85. The van der Waals surface area contributed by atoms with Gasteiger partial charge in [-0.1, -0.05) is 12.8 Å². The van der Waals surface area contributed by atoms with Crippen molar-refractivity contribution in [3.63, 3.8) is 0 Å². The lowest BCUT2D eigenvalue weighted by molar-refractivity contribution is 0.756. The summed E-state index contributed by atoms with van der Waals surface area (Å²) in [6, 6.07) is 6.60. The van der Waals surface area contributed by atoms with Crippen LogP contribution in [0, 0.1) is 0 Å². The predicted molar refractivity (Wildman–Crippen MR) is 79.7 cm³/mol. The lowest BCUT2D eigenvalue weighted by Gasteiger charge is -2.15. The van der Waals surface area contributed by atoms with Crippen molar-refractivity contribution in [3.05, 3.63) is 28.9 Å². The average Bonchev–Trinajstić information content (AvgIpc) is 2.86. The van der Waals surface area contributed by atoms with E-state index in [0.717, 1.165) is 26.8 Å². The summed E-state index contributed by atoms with van der Waals surface area (Å²) >= 11 is 3.44. The van der Waals surface area contributed by atoms with Crippen LogP contribution in [0.15, 0.2) is 28.9 Å². The van der Waals surface area contributed by atoms with Gasteiger partial charge in [-0.2, -0.15) is 0 Å².